The number of H-pyrrole nitrogens is 1. The lowest BCUT2D eigenvalue weighted by Crippen LogP contribution is -2.29. The van der Waals surface area contributed by atoms with E-state index in [1.54, 1.807) is 38.4 Å². The van der Waals surface area contributed by atoms with Crippen molar-refractivity contribution < 1.29 is 29.2 Å². The summed E-state index contributed by atoms with van der Waals surface area (Å²) in [6, 6.07) is 7.80. The summed E-state index contributed by atoms with van der Waals surface area (Å²) < 4.78 is 4.78. The molecule has 0 unspecified atom stereocenters. The van der Waals surface area contributed by atoms with Gasteiger partial charge in [0, 0.05) is 42.3 Å². The lowest BCUT2D eigenvalue weighted by Gasteiger charge is -2.25. The first-order valence-corrected chi connectivity index (χ1v) is 10.8. The Balaban J connectivity index is 1.91. The molecule has 1 aliphatic rings. The van der Waals surface area contributed by atoms with E-state index >= 15 is 0 Å². The third-order valence-electron chi connectivity index (χ3n) is 6.10. The van der Waals surface area contributed by atoms with E-state index in [0.29, 0.717) is 22.4 Å². The zero-order valence-electron chi connectivity index (χ0n) is 19.6. The number of ether oxygens (including phenoxy) is 1. The summed E-state index contributed by atoms with van der Waals surface area (Å²) in [5.74, 6) is -2.88. The van der Waals surface area contributed by atoms with Crippen LogP contribution in [0.5, 0.6) is 0 Å². The molecule has 4 rings (SSSR count). The van der Waals surface area contributed by atoms with Crippen molar-refractivity contribution in [3.63, 3.8) is 0 Å². The second kappa shape index (κ2) is 9.45. The van der Waals surface area contributed by atoms with Crippen molar-refractivity contribution >= 4 is 29.1 Å². The monoisotopic (exact) mass is 490 g/mol. The van der Waals surface area contributed by atoms with E-state index < -0.39 is 34.4 Å². The summed E-state index contributed by atoms with van der Waals surface area (Å²) in [5.41, 5.74) is 1.72. The number of nitro benzene ring substituents is 1. The van der Waals surface area contributed by atoms with Crippen LogP contribution in [0.25, 0.3) is 5.76 Å². The molecule has 0 saturated carbocycles. The predicted molar refractivity (Wildman–Crippen MR) is 127 cm³/mol. The van der Waals surface area contributed by atoms with Gasteiger partial charge in [0.15, 0.2) is 0 Å². The van der Waals surface area contributed by atoms with Crippen molar-refractivity contribution in [3.05, 3.63) is 98.1 Å². The number of ketones is 1. The van der Waals surface area contributed by atoms with Gasteiger partial charge in [-0.15, -0.1) is 0 Å². The molecule has 1 amide bonds. The number of nitro groups is 1. The van der Waals surface area contributed by atoms with E-state index in [9.17, 15) is 29.6 Å². The molecule has 1 fully saturated rings. The molecule has 0 spiro atoms. The molecule has 2 N–H and O–H groups in total. The molecule has 1 saturated heterocycles. The number of non-ortho nitro benzene ring substituents is 1. The number of hydrogen-bond donors (Lipinski definition) is 2. The van der Waals surface area contributed by atoms with Crippen LogP contribution in [0.2, 0.25) is 0 Å². The van der Waals surface area contributed by atoms with Crippen molar-refractivity contribution in [2.45, 2.75) is 26.4 Å². The van der Waals surface area contributed by atoms with Gasteiger partial charge < -0.3 is 19.7 Å². The van der Waals surface area contributed by atoms with E-state index in [4.69, 9.17) is 4.74 Å². The number of carbonyl (C=O) groups excluding carboxylic acids is 3. The Bertz CT molecular complexity index is 1410. The Labute approximate surface area is 205 Å². The Morgan fingerprint density at radius 3 is 2.50 bits per heavy atom. The molecule has 0 bridgehead atoms. The average Bonchev–Trinajstić information content (AvgIpc) is 3.31. The summed E-state index contributed by atoms with van der Waals surface area (Å²) >= 11 is 0. The third kappa shape index (κ3) is 4.11. The molecule has 1 aromatic carbocycles. The normalized spacial score (nSPS) is 16.9. The first kappa shape index (κ1) is 24.3. The number of benzene rings is 1. The fourth-order valence-electron chi connectivity index (χ4n) is 4.40. The molecular weight excluding hydrogens is 468 g/mol. The van der Waals surface area contributed by atoms with E-state index in [-0.39, 0.29) is 29.1 Å². The van der Waals surface area contributed by atoms with Gasteiger partial charge in [-0.2, -0.15) is 0 Å². The molecule has 0 radical (unpaired) electrons. The van der Waals surface area contributed by atoms with Crippen molar-refractivity contribution in [2.24, 2.45) is 0 Å². The highest BCUT2D eigenvalue weighted by atomic mass is 16.6. The van der Waals surface area contributed by atoms with Crippen LogP contribution in [0.1, 0.15) is 44.5 Å². The lowest BCUT2D eigenvalue weighted by atomic mass is 9.94. The number of aliphatic hydroxyl groups is 1. The van der Waals surface area contributed by atoms with Crippen LogP contribution in [-0.4, -0.2) is 49.7 Å². The first-order chi connectivity index (χ1) is 17.1. The highest BCUT2D eigenvalue weighted by Gasteiger charge is 2.46. The molecule has 2 aromatic heterocycles. The SMILES string of the molecule is COC(=O)c1[nH]c(C)c(C(O)=C2C(=O)C(=O)N(Cc3cccnc3)[C@@H]2c2ccc([N+](=O)[O-])cc2)c1C. The fourth-order valence-corrected chi connectivity index (χ4v) is 4.40. The smallest absolute Gasteiger partial charge is 0.354 e. The molecule has 3 heterocycles. The van der Waals surface area contributed by atoms with Gasteiger partial charge in [-0.05, 0) is 48.7 Å². The Morgan fingerprint density at radius 2 is 1.92 bits per heavy atom. The van der Waals surface area contributed by atoms with Crippen molar-refractivity contribution in [1.29, 1.82) is 0 Å². The number of nitrogens with one attached hydrogen (secondary N) is 1. The standard InChI is InChI=1S/C25H22N4O7/c1-13-18(14(2)27-20(13)25(33)36-3)22(30)19-21(16-6-8-17(9-7-16)29(34)35)28(24(32)23(19)31)12-15-5-4-10-26-11-15/h4-11,21,27,30H,12H2,1-3H3/t21-/m1/s1. The van der Waals surface area contributed by atoms with Crippen LogP contribution in [0, 0.1) is 24.0 Å². The molecule has 11 heteroatoms. The van der Waals surface area contributed by atoms with Gasteiger partial charge in [-0.1, -0.05) is 6.07 Å². The zero-order valence-corrected chi connectivity index (χ0v) is 19.6. The van der Waals surface area contributed by atoms with Gasteiger partial charge in [0.25, 0.3) is 17.4 Å². The van der Waals surface area contributed by atoms with Crippen molar-refractivity contribution in [1.82, 2.24) is 14.9 Å². The average molecular weight is 490 g/mol. The van der Waals surface area contributed by atoms with Gasteiger partial charge in [0.05, 0.1) is 23.6 Å². The van der Waals surface area contributed by atoms with Gasteiger partial charge in [0.2, 0.25) is 0 Å². The topological polar surface area (TPSA) is 156 Å². The minimum atomic E-state index is -1.04. The van der Waals surface area contributed by atoms with Crippen molar-refractivity contribution in [3.8, 4) is 0 Å². The summed E-state index contributed by atoms with van der Waals surface area (Å²) in [6.07, 6.45) is 3.12. The minimum absolute atomic E-state index is 0.00929. The molecule has 0 aliphatic carbocycles. The number of Topliss-reactive ketones (excluding diaryl/α,β-unsaturated/α-hetero) is 1. The number of likely N-dealkylation sites (tertiary alicyclic amines) is 1. The second-order valence-corrected chi connectivity index (χ2v) is 8.25. The second-order valence-electron chi connectivity index (χ2n) is 8.25. The van der Waals surface area contributed by atoms with E-state index in [2.05, 4.69) is 9.97 Å². The molecular formula is C25H22N4O7. The highest BCUT2D eigenvalue weighted by Crippen LogP contribution is 2.42. The number of nitrogens with zero attached hydrogens (tertiary/aromatic N) is 3. The molecule has 184 valence electrons. The van der Waals surface area contributed by atoms with Crippen LogP contribution in [0.4, 0.5) is 5.69 Å². The van der Waals surface area contributed by atoms with Gasteiger partial charge in [0.1, 0.15) is 11.5 Å². The predicted octanol–water partition coefficient (Wildman–Crippen LogP) is 3.34. The summed E-state index contributed by atoms with van der Waals surface area (Å²) in [4.78, 5) is 57.3. The first-order valence-electron chi connectivity index (χ1n) is 10.8. The van der Waals surface area contributed by atoms with Crippen LogP contribution < -0.4 is 0 Å². The number of rotatable bonds is 6. The number of carbonyl (C=O) groups is 3. The Kier molecular flexibility index (Phi) is 6.39. The van der Waals surface area contributed by atoms with Crippen LogP contribution in [0.3, 0.4) is 0 Å². The number of aliphatic hydroxyl groups excluding tert-OH is 1. The number of pyridine rings is 1. The number of aromatic amines is 1. The fraction of sp³-hybridized carbons (Fsp3) is 0.200. The number of hydrogen-bond acceptors (Lipinski definition) is 8. The Morgan fingerprint density at radius 1 is 1.22 bits per heavy atom. The van der Waals surface area contributed by atoms with Crippen LogP contribution in [0.15, 0.2) is 54.4 Å². The van der Waals surface area contributed by atoms with Crippen LogP contribution >= 0.6 is 0 Å². The highest BCUT2D eigenvalue weighted by molar-refractivity contribution is 6.46. The third-order valence-corrected chi connectivity index (χ3v) is 6.10. The molecule has 3 aromatic rings. The van der Waals surface area contributed by atoms with Crippen LogP contribution in [-0.2, 0) is 20.9 Å². The molecule has 1 atom stereocenters. The molecule has 36 heavy (non-hydrogen) atoms. The number of amides is 1. The minimum Gasteiger partial charge on any atom is -0.507 e. The number of aromatic nitrogens is 2. The van der Waals surface area contributed by atoms with E-state index in [0.717, 1.165) is 0 Å². The summed E-state index contributed by atoms with van der Waals surface area (Å²) in [7, 11) is 1.22. The summed E-state index contributed by atoms with van der Waals surface area (Å²) in [6.45, 7) is 3.20. The molecule has 1 aliphatic heterocycles. The maximum atomic E-state index is 13.3. The quantitative estimate of drug-likeness (QED) is 0.133. The van der Waals surface area contributed by atoms with Gasteiger partial charge in [-0.25, -0.2) is 4.79 Å². The summed E-state index contributed by atoms with van der Waals surface area (Å²) in [5, 5.41) is 22.5. The Hall–Kier alpha value is -4.80. The molecule has 11 nitrogen and oxygen atoms in total. The number of aryl methyl sites for hydroxylation is 1. The maximum Gasteiger partial charge on any atom is 0.354 e. The maximum absolute atomic E-state index is 13.3. The number of methoxy groups -OCH3 is 1. The van der Waals surface area contributed by atoms with Crippen molar-refractivity contribution in [2.75, 3.05) is 7.11 Å². The van der Waals surface area contributed by atoms with Gasteiger partial charge >= 0.3 is 5.97 Å². The van der Waals surface area contributed by atoms with Gasteiger partial charge in [-0.3, -0.25) is 24.7 Å². The zero-order chi connectivity index (χ0) is 26.1. The van der Waals surface area contributed by atoms with E-state index in [1.807, 2.05) is 0 Å². The largest absolute Gasteiger partial charge is 0.507 e. The lowest BCUT2D eigenvalue weighted by molar-refractivity contribution is -0.384. The van der Waals surface area contributed by atoms with E-state index in [1.165, 1.54) is 36.3 Å². The number of esters is 1.